The average molecular weight is 259 g/mol. The summed E-state index contributed by atoms with van der Waals surface area (Å²) >= 11 is 0. The Labute approximate surface area is 99.6 Å². The molecule has 0 saturated carbocycles. The Morgan fingerprint density at radius 1 is 1.28 bits per heavy atom. The second kappa shape index (κ2) is 4.41. The fourth-order valence-corrected chi connectivity index (χ4v) is 1.55. The molecule has 0 radical (unpaired) electrons. The molecule has 3 nitrogen and oxygen atoms in total. The van der Waals surface area contributed by atoms with Gasteiger partial charge in [0, 0.05) is 17.8 Å². The van der Waals surface area contributed by atoms with Crippen molar-refractivity contribution in [3.63, 3.8) is 0 Å². The quantitative estimate of drug-likeness (QED) is 0.815. The molecule has 0 aliphatic carbocycles. The van der Waals surface area contributed by atoms with Gasteiger partial charge < -0.3 is 5.73 Å². The van der Waals surface area contributed by atoms with Gasteiger partial charge in [-0.3, -0.25) is 5.10 Å². The normalized spacial score (nSPS) is 11.8. The minimum atomic E-state index is -4.73. The molecule has 0 fully saturated rings. The van der Waals surface area contributed by atoms with Crippen LogP contribution in [-0.4, -0.2) is 10.2 Å². The zero-order valence-corrected chi connectivity index (χ0v) is 9.05. The molecule has 1 aromatic heterocycles. The largest absolute Gasteiger partial charge is 0.419 e. The third kappa shape index (κ3) is 2.21. The van der Waals surface area contributed by atoms with Gasteiger partial charge in [0.05, 0.1) is 11.3 Å². The van der Waals surface area contributed by atoms with E-state index in [4.69, 9.17) is 5.73 Å². The monoisotopic (exact) mass is 259 g/mol. The molecule has 1 heterocycles. The number of nitrogens with two attached hydrogens (primary N) is 1. The number of nitrogens with one attached hydrogen (secondary N) is 1. The van der Waals surface area contributed by atoms with Crippen LogP contribution in [0.3, 0.4) is 0 Å². The van der Waals surface area contributed by atoms with Crippen molar-refractivity contribution in [3.8, 4) is 11.3 Å². The molecule has 0 aliphatic rings. The second-order valence-corrected chi connectivity index (χ2v) is 3.65. The van der Waals surface area contributed by atoms with Crippen LogP contribution in [0.25, 0.3) is 11.3 Å². The highest BCUT2D eigenvalue weighted by molar-refractivity contribution is 5.61. The summed E-state index contributed by atoms with van der Waals surface area (Å²) in [6, 6.07) is 4.48. The van der Waals surface area contributed by atoms with Crippen molar-refractivity contribution in [2.75, 3.05) is 0 Å². The molecule has 7 heteroatoms. The highest BCUT2D eigenvalue weighted by atomic mass is 19.4. The maximum atomic E-state index is 13.8. The van der Waals surface area contributed by atoms with Crippen LogP contribution in [0.4, 0.5) is 17.6 Å². The molecule has 18 heavy (non-hydrogen) atoms. The van der Waals surface area contributed by atoms with Crippen LogP contribution in [0.1, 0.15) is 11.3 Å². The molecule has 3 N–H and O–H groups in total. The van der Waals surface area contributed by atoms with Crippen molar-refractivity contribution in [2.45, 2.75) is 12.7 Å². The first-order valence-electron chi connectivity index (χ1n) is 5.04. The van der Waals surface area contributed by atoms with E-state index in [1.165, 1.54) is 12.1 Å². The second-order valence-electron chi connectivity index (χ2n) is 3.65. The summed E-state index contributed by atoms with van der Waals surface area (Å²) in [5, 5.41) is 6.25. The van der Waals surface area contributed by atoms with Crippen molar-refractivity contribution < 1.29 is 17.6 Å². The third-order valence-electron chi connectivity index (χ3n) is 2.43. The summed E-state index contributed by atoms with van der Waals surface area (Å²) in [4.78, 5) is 0. The molecule has 0 aliphatic heterocycles. The summed E-state index contributed by atoms with van der Waals surface area (Å²) < 4.78 is 51.3. The first-order valence-corrected chi connectivity index (χ1v) is 5.04. The number of hydrogen-bond donors (Lipinski definition) is 2. The Balaban J connectivity index is 2.52. The number of halogens is 4. The van der Waals surface area contributed by atoms with E-state index in [1.807, 2.05) is 0 Å². The zero-order valence-electron chi connectivity index (χ0n) is 9.05. The van der Waals surface area contributed by atoms with E-state index in [0.29, 0.717) is 11.8 Å². The Bertz CT molecular complexity index is 560. The Hall–Kier alpha value is -1.89. The molecule has 1 aromatic carbocycles. The summed E-state index contributed by atoms with van der Waals surface area (Å²) in [7, 11) is 0. The van der Waals surface area contributed by atoms with Gasteiger partial charge in [-0.1, -0.05) is 6.07 Å². The predicted octanol–water partition coefficient (Wildman–Crippen LogP) is 2.69. The number of H-pyrrole nitrogens is 1. The maximum absolute atomic E-state index is 13.8. The predicted molar refractivity (Wildman–Crippen MR) is 56.9 cm³/mol. The molecule has 0 atom stereocenters. The number of rotatable bonds is 2. The molecule has 0 bridgehead atoms. The first kappa shape index (κ1) is 12.6. The van der Waals surface area contributed by atoms with Gasteiger partial charge in [0.1, 0.15) is 5.82 Å². The van der Waals surface area contributed by atoms with Crippen LogP contribution in [0.2, 0.25) is 0 Å². The summed E-state index contributed by atoms with van der Waals surface area (Å²) in [5.41, 5.74) is 4.43. The van der Waals surface area contributed by atoms with Crippen molar-refractivity contribution in [2.24, 2.45) is 5.73 Å². The summed E-state index contributed by atoms with van der Waals surface area (Å²) in [5.74, 6) is -1.33. The van der Waals surface area contributed by atoms with Crippen LogP contribution in [0.15, 0.2) is 24.3 Å². The molecule has 0 amide bonds. The third-order valence-corrected chi connectivity index (χ3v) is 2.43. The average Bonchev–Trinajstić information content (AvgIpc) is 2.76. The van der Waals surface area contributed by atoms with E-state index in [0.717, 1.165) is 6.07 Å². The van der Waals surface area contributed by atoms with Crippen LogP contribution in [0.5, 0.6) is 0 Å². The number of hydrogen-bond acceptors (Lipinski definition) is 2. The molecule has 2 aromatic rings. The zero-order chi connectivity index (χ0) is 13.3. The molecule has 0 unspecified atom stereocenters. The van der Waals surface area contributed by atoms with Crippen LogP contribution >= 0.6 is 0 Å². The number of aromatic amines is 1. The fourth-order valence-electron chi connectivity index (χ4n) is 1.55. The SMILES string of the molecule is NCc1cc(-c2cccc(C(F)(F)F)c2F)n[nH]1. The first-order chi connectivity index (χ1) is 8.43. The molecular formula is C11H9F4N3. The lowest BCUT2D eigenvalue weighted by Gasteiger charge is -2.09. The Morgan fingerprint density at radius 2 is 2.00 bits per heavy atom. The lowest BCUT2D eigenvalue weighted by atomic mass is 10.1. The lowest BCUT2D eigenvalue weighted by Crippen LogP contribution is -2.08. The standard InChI is InChI=1S/C11H9F4N3/c12-10-7(9-4-6(5-16)17-18-9)2-1-3-8(10)11(13,14)15/h1-4H,5,16H2,(H,17,18). The van der Waals surface area contributed by atoms with Crippen LogP contribution < -0.4 is 5.73 Å². The molecular weight excluding hydrogens is 250 g/mol. The van der Waals surface area contributed by atoms with E-state index in [2.05, 4.69) is 10.2 Å². The summed E-state index contributed by atoms with van der Waals surface area (Å²) in [6.45, 7) is 0.146. The Kier molecular flexibility index (Phi) is 3.08. The maximum Gasteiger partial charge on any atom is 0.419 e. The smallest absolute Gasteiger partial charge is 0.325 e. The van der Waals surface area contributed by atoms with Crippen molar-refractivity contribution >= 4 is 0 Å². The van der Waals surface area contributed by atoms with Gasteiger partial charge in [0.15, 0.2) is 0 Å². The van der Waals surface area contributed by atoms with Gasteiger partial charge in [0.2, 0.25) is 0 Å². The van der Waals surface area contributed by atoms with E-state index >= 15 is 0 Å². The minimum absolute atomic E-state index is 0.0963. The van der Waals surface area contributed by atoms with Gasteiger partial charge >= 0.3 is 6.18 Å². The van der Waals surface area contributed by atoms with Gasteiger partial charge in [-0.05, 0) is 18.2 Å². The highest BCUT2D eigenvalue weighted by Gasteiger charge is 2.35. The Morgan fingerprint density at radius 3 is 2.56 bits per heavy atom. The van der Waals surface area contributed by atoms with Gasteiger partial charge in [-0.15, -0.1) is 0 Å². The minimum Gasteiger partial charge on any atom is -0.325 e. The molecule has 0 spiro atoms. The number of alkyl halides is 3. The van der Waals surface area contributed by atoms with Crippen LogP contribution in [0, 0.1) is 5.82 Å². The highest BCUT2D eigenvalue weighted by Crippen LogP contribution is 2.35. The molecule has 96 valence electrons. The number of nitrogens with zero attached hydrogens (tertiary/aromatic N) is 1. The van der Waals surface area contributed by atoms with Crippen molar-refractivity contribution in [1.82, 2.24) is 10.2 Å². The van der Waals surface area contributed by atoms with Gasteiger partial charge in [0.25, 0.3) is 0 Å². The lowest BCUT2D eigenvalue weighted by molar-refractivity contribution is -0.139. The van der Waals surface area contributed by atoms with E-state index in [9.17, 15) is 17.6 Å². The van der Waals surface area contributed by atoms with Crippen molar-refractivity contribution in [1.29, 1.82) is 0 Å². The van der Waals surface area contributed by atoms with E-state index in [-0.39, 0.29) is 17.8 Å². The van der Waals surface area contributed by atoms with Gasteiger partial charge in [-0.2, -0.15) is 18.3 Å². The summed E-state index contributed by atoms with van der Waals surface area (Å²) in [6.07, 6.45) is -4.73. The van der Waals surface area contributed by atoms with E-state index < -0.39 is 17.6 Å². The van der Waals surface area contributed by atoms with Crippen molar-refractivity contribution in [3.05, 3.63) is 41.3 Å². The fraction of sp³-hybridized carbons (Fsp3) is 0.182. The van der Waals surface area contributed by atoms with Gasteiger partial charge in [-0.25, -0.2) is 4.39 Å². The number of benzene rings is 1. The number of aromatic nitrogens is 2. The molecule has 0 saturated heterocycles. The molecule has 2 rings (SSSR count). The van der Waals surface area contributed by atoms with E-state index in [1.54, 1.807) is 0 Å². The van der Waals surface area contributed by atoms with Crippen LogP contribution in [-0.2, 0) is 12.7 Å². The topological polar surface area (TPSA) is 54.7 Å².